The van der Waals surface area contributed by atoms with Crippen molar-refractivity contribution in [2.45, 2.75) is 0 Å². The lowest BCUT2D eigenvalue weighted by molar-refractivity contribution is -0.996. The highest BCUT2D eigenvalue weighted by molar-refractivity contribution is 5.88. The molecule has 7 N–H and O–H groups in total. The molecule has 11 heteroatoms. The Morgan fingerprint density at radius 2 is 1.76 bits per heavy atom. The summed E-state index contributed by atoms with van der Waals surface area (Å²) in [6.45, 7) is 0. The van der Waals surface area contributed by atoms with E-state index in [4.69, 9.17) is 10.4 Å². The van der Waals surface area contributed by atoms with Crippen LogP contribution < -0.4 is 21.4 Å². The molecule has 0 radical (unpaired) electrons. The Kier molecular flexibility index (Phi) is 6.50. The third kappa shape index (κ3) is 5.30. The molecule has 0 fully saturated rings. The van der Waals surface area contributed by atoms with Crippen LogP contribution in [0.25, 0.3) is 0 Å². The van der Waals surface area contributed by atoms with E-state index >= 15 is 0 Å². The van der Waals surface area contributed by atoms with E-state index in [0.717, 1.165) is 6.07 Å². The number of hydrogen-bond donors (Lipinski definition) is 7. The Labute approximate surface area is 141 Å². The summed E-state index contributed by atoms with van der Waals surface area (Å²) in [5.41, 5.74) is 4.62. The summed E-state index contributed by atoms with van der Waals surface area (Å²) in [4.78, 5) is 4.04. The van der Waals surface area contributed by atoms with Crippen molar-refractivity contribution in [3.8, 4) is 0 Å². The zero-order chi connectivity index (χ0) is 18.2. The minimum absolute atomic E-state index is 0.0820. The van der Waals surface area contributed by atoms with E-state index in [1.54, 1.807) is 24.3 Å². The first-order valence-electron chi connectivity index (χ1n) is 6.95. The van der Waals surface area contributed by atoms with Crippen LogP contribution in [0.3, 0.4) is 0 Å². The van der Waals surface area contributed by atoms with Crippen LogP contribution in [0, 0.1) is 10.4 Å². The normalized spacial score (nSPS) is 14.4. The van der Waals surface area contributed by atoms with E-state index < -0.39 is 10.5 Å². The molecule has 0 aliphatic rings. The van der Waals surface area contributed by atoms with Gasteiger partial charge in [0.15, 0.2) is 11.4 Å². The highest BCUT2D eigenvalue weighted by atomic mass is 16.8. The van der Waals surface area contributed by atoms with Crippen LogP contribution in [0.2, 0.25) is 0 Å². The number of nitrogens with one attached hydrogen (secondary N) is 4. The largest absolute Gasteiger partial charge is 0.595 e. The van der Waals surface area contributed by atoms with Crippen LogP contribution in [0.4, 0.5) is 17.1 Å². The zero-order valence-corrected chi connectivity index (χ0v) is 12.7. The first-order chi connectivity index (χ1) is 12.0. The van der Waals surface area contributed by atoms with Gasteiger partial charge in [-0.15, -0.1) is 0 Å². The molecule has 0 aliphatic carbocycles. The minimum atomic E-state index is -1.29. The number of hydrazone groups is 1. The number of quaternary nitrogens is 2. The maximum Gasteiger partial charge on any atom is 0.241 e. The van der Waals surface area contributed by atoms with Gasteiger partial charge in [-0.25, -0.2) is 26.3 Å². The molecule has 2 unspecified atom stereocenters. The number of benzene rings is 2. The first kappa shape index (κ1) is 18.4. The molecule has 2 aromatic rings. The van der Waals surface area contributed by atoms with E-state index in [9.17, 15) is 15.6 Å². The monoisotopic (exact) mass is 348 g/mol. The van der Waals surface area contributed by atoms with Crippen molar-refractivity contribution in [3.05, 3.63) is 64.5 Å². The number of guanidine groups is 1. The second-order valence-corrected chi connectivity index (χ2v) is 4.69. The van der Waals surface area contributed by atoms with Crippen molar-refractivity contribution in [2.75, 3.05) is 0 Å². The summed E-state index contributed by atoms with van der Waals surface area (Å²) in [7, 11) is 0. The number of hydroxylamine groups is 1. The number of hydrogen-bond acceptors (Lipinski definition) is 7. The average molecular weight is 348 g/mol. The standard InChI is InChI=1S/C14H16N6O5/c21-18-14(16-11-4-2-1-3-5-11)17-15-9-10-6-7-12(19(22)23)8-13(10)20(24)25/h1-9,19-22,24H,(H2,16,17,18)/b15-9+. The summed E-state index contributed by atoms with van der Waals surface area (Å²) in [6.07, 6.45) is 1.17. The Morgan fingerprint density at radius 3 is 2.36 bits per heavy atom. The second-order valence-electron chi connectivity index (χ2n) is 4.69. The predicted octanol–water partition coefficient (Wildman–Crippen LogP) is -0.917. The smallest absolute Gasteiger partial charge is 0.241 e. The molecule has 2 aromatic carbocycles. The summed E-state index contributed by atoms with van der Waals surface area (Å²) in [6, 6.07) is 12.4. The molecular formula is C14H16N6O5. The molecule has 132 valence electrons. The number of rotatable bonds is 5. The van der Waals surface area contributed by atoms with Crippen molar-refractivity contribution >= 4 is 29.2 Å². The molecule has 0 heterocycles. The van der Waals surface area contributed by atoms with Gasteiger partial charge in [0.05, 0.1) is 23.5 Å². The SMILES string of the molecule is [O-][NH+](O)c1ccc(/C=N/NC(=Nc2ccccc2)NO)c([NH+]([O-])O)c1. The fourth-order valence-electron chi connectivity index (χ4n) is 1.86. The van der Waals surface area contributed by atoms with E-state index in [1.807, 2.05) is 11.5 Å². The molecule has 0 saturated heterocycles. The topological polar surface area (TPSA) is 164 Å². The molecule has 0 spiro atoms. The number of para-hydroxylation sites is 1. The van der Waals surface area contributed by atoms with Gasteiger partial charge in [-0.3, -0.25) is 5.21 Å². The van der Waals surface area contributed by atoms with Gasteiger partial charge < -0.3 is 10.4 Å². The second kappa shape index (κ2) is 8.81. The molecule has 0 saturated carbocycles. The van der Waals surface area contributed by atoms with Gasteiger partial charge >= 0.3 is 0 Å². The van der Waals surface area contributed by atoms with Gasteiger partial charge in [0.25, 0.3) is 0 Å². The van der Waals surface area contributed by atoms with Crippen LogP contribution >= 0.6 is 0 Å². The van der Waals surface area contributed by atoms with Crippen molar-refractivity contribution in [3.63, 3.8) is 0 Å². The van der Waals surface area contributed by atoms with Gasteiger partial charge in [0.2, 0.25) is 5.96 Å². The summed E-state index contributed by atoms with van der Waals surface area (Å²) in [5.74, 6) is -0.0820. The third-order valence-corrected chi connectivity index (χ3v) is 3.01. The van der Waals surface area contributed by atoms with Crippen LogP contribution in [-0.4, -0.2) is 27.8 Å². The molecule has 2 atom stereocenters. The van der Waals surface area contributed by atoms with Gasteiger partial charge in [0.1, 0.15) is 0 Å². The molecular weight excluding hydrogens is 332 g/mol. The number of nitrogens with zero attached hydrogens (tertiary/aromatic N) is 2. The average Bonchev–Trinajstić information content (AvgIpc) is 2.61. The summed E-state index contributed by atoms with van der Waals surface area (Å²) < 4.78 is 0. The predicted molar refractivity (Wildman–Crippen MR) is 87.2 cm³/mol. The molecule has 0 aliphatic heterocycles. The van der Waals surface area contributed by atoms with Gasteiger partial charge in [-0.1, -0.05) is 18.2 Å². The molecule has 2 rings (SSSR count). The first-order valence-corrected chi connectivity index (χ1v) is 6.95. The van der Waals surface area contributed by atoms with Crippen molar-refractivity contribution in [1.29, 1.82) is 0 Å². The van der Waals surface area contributed by atoms with Gasteiger partial charge in [-0.2, -0.15) is 15.6 Å². The van der Waals surface area contributed by atoms with Crippen LogP contribution in [0.1, 0.15) is 5.56 Å². The van der Waals surface area contributed by atoms with Crippen LogP contribution in [0.15, 0.2) is 58.6 Å². The lowest BCUT2D eigenvalue weighted by Gasteiger charge is -2.17. The Balaban J connectivity index is 2.16. The Bertz CT molecular complexity index is 751. The van der Waals surface area contributed by atoms with E-state index in [1.165, 1.54) is 18.3 Å². The van der Waals surface area contributed by atoms with Gasteiger partial charge in [0, 0.05) is 6.07 Å². The molecule has 11 nitrogen and oxygen atoms in total. The summed E-state index contributed by atoms with van der Waals surface area (Å²) in [5, 5.41) is 50.6. The number of aliphatic imine (C=N–C) groups is 1. The molecule has 0 aromatic heterocycles. The van der Waals surface area contributed by atoms with Crippen molar-refractivity contribution in [1.82, 2.24) is 10.9 Å². The maximum atomic E-state index is 11.2. The van der Waals surface area contributed by atoms with E-state index in [0.29, 0.717) is 5.69 Å². The van der Waals surface area contributed by atoms with E-state index in [-0.39, 0.29) is 22.9 Å². The lowest BCUT2D eigenvalue weighted by Crippen LogP contribution is -3.01. The highest BCUT2D eigenvalue weighted by Crippen LogP contribution is 2.13. The van der Waals surface area contributed by atoms with Crippen molar-refractivity contribution in [2.24, 2.45) is 10.1 Å². The van der Waals surface area contributed by atoms with Crippen LogP contribution in [0.5, 0.6) is 0 Å². The third-order valence-electron chi connectivity index (χ3n) is 3.01. The molecule has 25 heavy (non-hydrogen) atoms. The fourth-order valence-corrected chi connectivity index (χ4v) is 1.86. The quantitative estimate of drug-likeness (QED) is 0.209. The van der Waals surface area contributed by atoms with Gasteiger partial charge in [-0.05, 0) is 18.2 Å². The Morgan fingerprint density at radius 1 is 1.04 bits per heavy atom. The molecule has 0 amide bonds. The van der Waals surface area contributed by atoms with Crippen molar-refractivity contribution < 1.29 is 26.1 Å². The fraction of sp³-hybridized carbons (Fsp3) is 0. The van der Waals surface area contributed by atoms with Crippen LogP contribution in [-0.2, 0) is 0 Å². The lowest BCUT2D eigenvalue weighted by atomic mass is 10.2. The zero-order valence-electron chi connectivity index (χ0n) is 12.7. The molecule has 0 bridgehead atoms. The highest BCUT2D eigenvalue weighted by Gasteiger charge is 2.12. The van der Waals surface area contributed by atoms with E-state index in [2.05, 4.69) is 15.5 Å². The summed E-state index contributed by atoms with van der Waals surface area (Å²) >= 11 is 0. The Hall–Kier alpha value is -2.90. The minimum Gasteiger partial charge on any atom is -0.595 e. The maximum absolute atomic E-state index is 11.2.